The highest BCUT2D eigenvalue weighted by atomic mass is 79.9. The first-order valence-electron chi connectivity index (χ1n) is 7.45. The lowest BCUT2D eigenvalue weighted by Gasteiger charge is -2.29. The molecule has 21 heavy (non-hydrogen) atoms. The maximum Gasteiger partial charge on any atom is 0.283 e. The normalized spacial score (nSPS) is 29.3. The van der Waals surface area contributed by atoms with Gasteiger partial charge >= 0.3 is 0 Å². The Bertz CT molecular complexity index is 552. The minimum absolute atomic E-state index is 0.140. The highest BCUT2D eigenvalue weighted by Gasteiger charge is 2.38. The van der Waals surface area contributed by atoms with E-state index >= 15 is 0 Å². The molecule has 1 saturated carbocycles. The van der Waals surface area contributed by atoms with Crippen LogP contribution in [0.25, 0.3) is 0 Å². The number of rotatable bonds is 3. The van der Waals surface area contributed by atoms with Crippen molar-refractivity contribution in [1.82, 2.24) is 4.90 Å². The first kappa shape index (κ1) is 14.9. The predicted octanol–water partition coefficient (Wildman–Crippen LogP) is 2.92. The van der Waals surface area contributed by atoms with Crippen LogP contribution in [0.3, 0.4) is 0 Å². The second kappa shape index (κ2) is 6.02. The maximum absolute atomic E-state index is 11.0. The molecule has 0 radical (unpaired) electrons. The Hall–Kier alpha value is -0.980. The molecular formula is C15H20BrN3O2. The third-order valence-electron chi connectivity index (χ3n) is 4.84. The molecule has 1 aromatic rings. The van der Waals surface area contributed by atoms with Crippen LogP contribution >= 0.6 is 15.9 Å². The molecule has 0 amide bonds. The second-order valence-corrected chi connectivity index (χ2v) is 7.11. The zero-order valence-corrected chi connectivity index (χ0v) is 13.5. The van der Waals surface area contributed by atoms with Crippen LogP contribution in [0.15, 0.2) is 22.7 Å². The van der Waals surface area contributed by atoms with E-state index in [0.717, 1.165) is 31.6 Å². The molecule has 0 spiro atoms. The van der Waals surface area contributed by atoms with Gasteiger partial charge in [-0.15, -0.1) is 0 Å². The van der Waals surface area contributed by atoms with Crippen molar-refractivity contribution in [3.05, 3.63) is 38.3 Å². The SMILES string of the molecule is NC1CCCC2CN(Cc3ccc(Br)c([N+](=O)[O-])c3)CC12. The summed E-state index contributed by atoms with van der Waals surface area (Å²) in [5.74, 6) is 1.31. The smallest absolute Gasteiger partial charge is 0.283 e. The summed E-state index contributed by atoms with van der Waals surface area (Å²) in [6.07, 6.45) is 3.65. The fourth-order valence-electron chi connectivity index (χ4n) is 3.79. The largest absolute Gasteiger partial charge is 0.327 e. The summed E-state index contributed by atoms with van der Waals surface area (Å²) >= 11 is 3.23. The summed E-state index contributed by atoms with van der Waals surface area (Å²) in [6.45, 7) is 2.87. The Morgan fingerprint density at radius 1 is 1.38 bits per heavy atom. The highest BCUT2D eigenvalue weighted by molar-refractivity contribution is 9.10. The molecule has 3 rings (SSSR count). The zero-order valence-electron chi connectivity index (χ0n) is 11.9. The van der Waals surface area contributed by atoms with E-state index in [1.807, 2.05) is 6.07 Å². The fraction of sp³-hybridized carbons (Fsp3) is 0.600. The average molecular weight is 354 g/mol. The predicted molar refractivity (Wildman–Crippen MR) is 84.9 cm³/mol. The number of benzene rings is 1. The molecule has 5 nitrogen and oxygen atoms in total. The number of halogens is 1. The van der Waals surface area contributed by atoms with Gasteiger partial charge in [0.15, 0.2) is 0 Å². The van der Waals surface area contributed by atoms with Crippen LogP contribution in [-0.4, -0.2) is 29.0 Å². The summed E-state index contributed by atoms with van der Waals surface area (Å²) in [6, 6.07) is 5.72. The Labute approximate surface area is 132 Å². The average Bonchev–Trinajstić information content (AvgIpc) is 2.85. The van der Waals surface area contributed by atoms with Crippen LogP contribution in [0.5, 0.6) is 0 Å². The zero-order chi connectivity index (χ0) is 15.0. The van der Waals surface area contributed by atoms with E-state index in [1.54, 1.807) is 12.1 Å². The van der Waals surface area contributed by atoms with Crippen molar-refractivity contribution >= 4 is 21.6 Å². The van der Waals surface area contributed by atoms with Crippen molar-refractivity contribution in [1.29, 1.82) is 0 Å². The van der Waals surface area contributed by atoms with E-state index in [9.17, 15) is 10.1 Å². The molecule has 2 N–H and O–H groups in total. The van der Waals surface area contributed by atoms with Gasteiger partial charge in [-0.1, -0.05) is 12.5 Å². The number of hydrogen-bond donors (Lipinski definition) is 1. The summed E-state index contributed by atoms with van der Waals surface area (Å²) in [4.78, 5) is 13.1. The molecule has 1 aromatic carbocycles. The van der Waals surface area contributed by atoms with Gasteiger partial charge in [0.1, 0.15) is 0 Å². The molecule has 114 valence electrons. The third-order valence-corrected chi connectivity index (χ3v) is 5.51. The van der Waals surface area contributed by atoms with Gasteiger partial charge in [-0.3, -0.25) is 15.0 Å². The molecule has 1 aliphatic carbocycles. The molecule has 1 saturated heterocycles. The highest BCUT2D eigenvalue weighted by Crippen LogP contribution is 2.36. The molecule has 3 unspecified atom stereocenters. The number of nitrogens with two attached hydrogens (primary N) is 1. The summed E-state index contributed by atoms with van der Waals surface area (Å²) in [5, 5.41) is 11.0. The lowest BCUT2D eigenvalue weighted by Crippen LogP contribution is -2.38. The van der Waals surface area contributed by atoms with Gasteiger partial charge in [0.05, 0.1) is 9.40 Å². The summed E-state index contributed by atoms with van der Waals surface area (Å²) in [5.41, 5.74) is 7.37. The lowest BCUT2D eigenvalue weighted by atomic mass is 9.78. The van der Waals surface area contributed by atoms with Crippen molar-refractivity contribution < 1.29 is 4.92 Å². The molecule has 1 heterocycles. The van der Waals surface area contributed by atoms with Gasteiger partial charge in [-0.05, 0) is 52.2 Å². The lowest BCUT2D eigenvalue weighted by molar-refractivity contribution is -0.385. The Kier molecular flexibility index (Phi) is 4.28. The minimum atomic E-state index is -0.340. The Morgan fingerprint density at radius 3 is 2.90 bits per heavy atom. The quantitative estimate of drug-likeness (QED) is 0.669. The van der Waals surface area contributed by atoms with Crippen LogP contribution in [0.4, 0.5) is 5.69 Å². The van der Waals surface area contributed by atoms with E-state index in [2.05, 4.69) is 20.8 Å². The Balaban J connectivity index is 1.70. The number of nitro groups is 1. The van der Waals surface area contributed by atoms with E-state index in [0.29, 0.717) is 22.4 Å². The van der Waals surface area contributed by atoms with Gasteiger partial charge in [0, 0.05) is 31.7 Å². The number of fused-ring (bicyclic) bond motifs is 1. The van der Waals surface area contributed by atoms with Crippen LogP contribution in [0.1, 0.15) is 24.8 Å². The van der Waals surface area contributed by atoms with Crippen LogP contribution < -0.4 is 5.73 Å². The molecule has 6 heteroatoms. The van der Waals surface area contributed by atoms with Crippen LogP contribution in [0.2, 0.25) is 0 Å². The molecule has 0 bridgehead atoms. The molecule has 1 aliphatic heterocycles. The third kappa shape index (κ3) is 3.12. The van der Waals surface area contributed by atoms with Crippen molar-refractivity contribution in [2.75, 3.05) is 13.1 Å². The van der Waals surface area contributed by atoms with Gasteiger partial charge in [0.25, 0.3) is 5.69 Å². The molecule has 2 aliphatic rings. The Morgan fingerprint density at radius 2 is 2.19 bits per heavy atom. The van der Waals surface area contributed by atoms with Gasteiger partial charge in [-0.2, -0.15) is 0 Å². The number of hydrogen-bond acceptors (Lipinski definition) is 4. The number of nitro benzene ring substituents is 1. The second-order valence-electron chi connectivity index (χ2n) is 6.26. The number of likely N-dealkylation sites (tertiary alicyclic amines) is 1. The van der Waals surface area contributed by atoms with Crippen LogP contribution in [-0.2, 0) is 6.54 Å². The van der Waals surface area contributed by atoms with Gasteiger partial charge in [0.2, 0.25) is 0 Å². The van der Waals surface area contributed by atoms with E-state index < -0.39 is 0 Å². The standard InChI is InChI=1S/C15H20BrN3O2/c16-13-5-4-10(6-15(13)19(20)21)7-18-8-11-2-1-3-14(17)12(11)9-18/h4-6,11-12,14H,1-3,7-9,17H2. The minimum Gasteiger partial charge on any atom is -0.327 e. The van der Waals surface area contributed by atoms with Crippen molar-refractivity contribution in [3.8, 4) is 0 Å². The van der Waals surface area contributed by atoms with Gasteiger partial charge in [-0.25, -0.2) is 0 Å². The molecule has 2 fully saturated rings. The monoisotopic (exact) mass is 353 g/mol. The molecule has 0 aromatic heterocycles. The van der Waals surface area contributed by atoms with E-state index in [-0.39, 0.29) is 10.6 Å². The van der Waals surface area contributed by atoms with Crippen molar-refractivity contribution in [3.63, 3.8) is 0 Å². The van der Waals surface area contributed by atoms with E-state index in [1.165, 1.54) is 12.8 Å². The number of nitrogens with zero attached hydrogens (tertiary/aromatic N) is 2. The molecule has 3 atom stereocenters. The van der Waals surface area contributed by atoms with Crippen molar-refractivity contribution in [2.24, 2.45) is 17.6 Å². The first-order valence-corrected chi connectivity index (χ1v) is 8.24. The van der Waals surface area contributed by atoms with Gasteiger partial charge < -0.3 is 5.73 Å². The topological polar surface area (TPSA) is 72.4 Å². The summed E-state index contributed by atoms with van der Waals surface area (Å²) < 4.78 is 0.536. The fourth-order valence-corrected chi connectivity index (χ4v) is 4.18. The summed E-state index contributed by atoms with van der Waals surface area (Å²) in [7, 11) is 0. The first-order chi connectivity index (χ1) is 10.0. The van der Waals surface area contributed by atoms with Crippen molar-refractivity contribution in [2.45, 2.75) is 31.8 Å². The van der Waals surface area contributed by atoms with E-state index in [4.69, 9.17) is 5.73 Å². The van der Waals surface area contributed by atoms with Crippen LogP contribution in [0, 0.1) is 22.0 Å². The maximum atomic E-state index is 11.0. The molecular weight excluding hydrogens is 334 g/mol.